The first-order chi connectivity index (χ1) is 24.7. The second-order valence-corrected chi connectivity index (χ2v) is 14.9. The molecule has 4 rings (SSSR count). The van der Waals surface area contributed by atoms with Gasteiger partial charge in [0.2, 0.25) is 0 Å². The molecule has 0 radical (unpaired) electrons. The summed E-state index contributed by atoms with van der Waals surface area (Å²) < 4.78 is 22.1. The molecule has 0 bridgehead atoms. The standard InChI is InChI=1S/C43H60O8/c1-4-6-8-10-12-32-14-18-34(19-15-32)42(46)50-38-24-22-36(23-25-38)48-40(44)30-31(3)41(45)49-37-26-28-39(29-27-37)51-43(47)35-20-16-33(17-21-35)13-11-9-7-5-2/h22-29,31-35H,4-21,30H2,1-3H3. The number of rotatable bonds is 19. The highest BCUT2D eigenvalue weighted by molar-refractivity contribution is 5.82. The summed E-state index contributed by atoms with van der Waals surface area (Å²) in [7, 11) is 0. The highest BCUT2D eigenvalue weighted by atomic mass is 16.6. The second-order valence-electron chi connectivity index (χ2n) is 14.9. The predicted octanol–water partition coefficient (Wildman–Crippen LogP) is 10.6. The Morgan fingerprint density at radius 3 is 1.29 bits per heavy atom. The topological polar surface area (TPSA) is 105 Å². The van der Waals surface area contributed by atoms with E-state index in [2.05, 4.69) is 13.8 Å². The van der Waals surface area contributed by atoms with Crippen molar-refractivity contribution in [2.75, 3.05) is 0 Å². The van der Waals surface area contributed by atoms with E-state index >= 15 is 0 Å². The van der Waals surface area contributed by atoms with Crippen LogP contribution in [0.2, 0.25) is 0 Å². The van der Waals surface area contributed by atoms with Gasteiger partial charge in [0.05, 0.1) is 24.2 Å². The van der Waals surface area contributed by atoms with E-state index in [-0.39, 0.29) is 30.2 Å². The number of unbranched alkanes of at least 4 members (excludes halogenated alkanes) is 6. The normalized spacial score (nSPS) is 20.9. The van der Waals surface area contributed by atoms with E-state index in [4.69, 9.17) is 18.9 Å². The molecule has 8 heteroatoms. The third-order valence-electron chi connectivity index (χ3n) is 10.7. The monoisotopic (exact) mass is 704 g/mol. The average Bonchev–Trinajstić information content (AvgIpc) is 3.14. The minimum atomic E-state index is -0.747. The number of hydrogen-bond donors (Lipinski definition) is 0. The van der Waals surface area contributed by atoms with E-state index < -0.39 is 17.9 Å². The number of carbonyl (C=O) groups is 4. The maximum atomic E-state index is 12.8. The van der Waals surface area contributed by atoms with Crippen molar-refractivity contribution in [2.45, 2.75) is 143 Å². The van der Waals surface area contributed by atoms with Crippen molar-refractivity contribution in [1.82, 2.24) is 0 Å². The van der Waals surface area contributed by atoms with Gasteiger partial charge in [-0.3, -0.25) is 19.2 Å². The molecular formula is C43H60O8. The first-order valence-electron chi connectivity index (χ1n) is 19.8. The first kappa shape index (κ1) is 40.1. The van der Waals surface area contributed by atoms with Crippen LogP contribution < -0.4 is 18.9 Å². The molecule has 0 amide bonds. The van der Waals surface area contributed by atoms with Gasteiger partial charge in [-0.05, 0) is 112 Å². The van der Waals surface area contributed by atoms with Gasteiger partial charge in [-0.2, -0.15) is 0 Å². The van der Waals surface area contributed by atoms with Crippen molar-refractivity contribution in [1.29, 1.82) is 0 Å². The van der Waals surface area contributed by atoms with Crippen LogP contribution in [0.3, 0.4) is 0 Å². The molecule has 0 spiro atoms. The van der Waals surface area contributed by atoms with E-state index in [0.717, 1.165) is 63.2 Å². The Morgan fingerprint density at radius 2 is 0.902 bits per heavy atom. The molecule has 1 atom stereocenters. The van der Waals surface area contributed by atoms with Crippen molar-refractivity contribution in [3.8, 4) is 23.0 Å². The van der Waals surface area contributed by atoms with Gasteiger partial charge in [-0.1, -0.05) is 85.0 Å². The largest absolute Gasteiger partial charge is 0.427 e. The Hall–Kier alpha value is -3.68. The van der Waals surface area contributed by atoms with Gasteiger partial charge >= 0.3 is 23.9 Å². The quantitative estimate of drug-likeness (QED) is 0.0808. The highest BCUT2D eigenvalue weighted by Gasteiger charge is 2.29. The molecule has 51 heavy (non-hydrogen) atoms. The summed E-state index contributed by atoms with van der Waals surface area (Å²) in [4.78, 5) is 50.8. The van der Waals surface area contributed by atoms with Crippen LogP contribution in [0.15, 0.2) is 48.5 Å². The summed E-state index contributed by atoms with van der Waals surface area (Å²) in [6.07, 6.45) is 20.4. The fourth-order valence-electron chi connectivity index (χ4n) is 7.37. The lowest BCUT2D eigenvalue weighted by atomic mass is 9.80. The van der Waals surface area contributed by atoms with E-state index in [1.165, 1.54) is 64.2 Å². The van der Waals surface area contributed by atoms with Crippen molar-refractivity contribution < 1.29 is 38.1 Å². The van der Waals surface area contributed by atoms with Crippen LogP contribution in [0.4, 0.5) is 0 Å². The molecule has 0 heterocycles. The molecule has 1 unspecified atom stereocenters. The maximum absolute atomic E-state index is 12.8. The Labute approximate surface area is 305 Å². The highest BCUT2D eigenvalue weighted by Crippen LogP contribution is 2.35. The zero-order valence-corrected chi connectivity index (χ0v) is 31.2. The molecule has 8 nitrogen and oxygen atoms in total. The molecule has 0 saturated heterocycles. The van der Waals surface area contributed by atoms with E-state index in [1.54, 1.807) is 55.5 Å². The van der Waals surface area contributed by atoms with Crippen LogP contribution in [0.5, 0.6) is 23.0 Å². The maximum Gasteiger partial charge on any atom is 0.314 e. The summed E-state index contributed by atoms with van der Waals surface area (Å²) >= 11 is 0. The molecule has 0 aliphatic heterocycles. The third kappa shape index (κ3) is 14.1. The fourth-order valence-corrected chi connectivity index (χ4v) is 7.37. The van der Waals surface area contributed by atoms with Crippen LogP contribution in [-0.4, -0.2) is 23.9 Å². The molecule has 0 N–H and O–H groups in total. The number of hydrogen-bond acceptors (Lipinski definition) is 8. The number of benzene rings is 2. The Balaban J connectivity index is 1.12. The molecule has 0 aromatic heterocycles. The summed E-state index contributed by atoms with van der Waals surface area (Å²) in [5.41, 5.74) is 0. The Morgan fingerprint density at radius 1 is 0.529 bits per heavy atom. The van der Waals surface area contributed by atoms with Crippen LogP contribution in [0.25, 0.3) is 0 Å². The summed E-state index contributed by atoms with van der Waals surface area (Å²) in [6, 6.07) is 12.7. The SMILES string of the molecule is CCCCCCC1CCC(C(=O)Oc2ccc(OC(=O)CC(C)C(=O)Oc3ccc(OC(=O)C4CCC(CCCCCC)CC4)cc3)cc2)CC1. The molecule has 2 aromatic carbocycles. The summed E-state index contributed by atoms with van der Waals surface area (Å²) in [5.74, 6) is 0.405. The lowest BCUT2D eigenvalue weighted by Crippen LogP contribution is -2.25. The molecule has 2 aliphatic rings. The van der Waals surface area contributed by atoms with E-state index in [0.29, 0.717) is 23.0 Å². The number of carbonyl (C=O) groups excluding carboxylic acids is 4. The third-order valence-corrected chi connectivity index (χ3v) is 10.7. The minimum Gasteiger partial charge on any atom is -0.427 e. The molecular weight excluding hydrogens is 644 g/mol. The zero-order valence-electron chi connectivity index (χ0n) is 31.2. The zero-order chi connectivity index (χ0) is 36.4. The van der Waals surface area contributed by atoms with Crippen molar-refractivity contribution in [2.24, 2.45) is 29.6 Å². The van der Waals surface area contributed by atoms with Crippen LogP contribution in [-0.2, 0) is 19.2 Å². The van der Waals surface area contributed by atoms with E-state index in [9.17, 15) is 19.2 Å². The molecule has 2 aliphatic carbocycles. The number of ether oxygens (including phenoxy) is 4. The van der Waals surface area contributed by atoms with Gasteiger partial charge in [0.15, 0.2) is 0 Å². The predicted molar refractivity (Wildman–Crippen MR) is 198 cm³/mol. The van der Waals surface area contributed by atoms with Gasteiger partial charge in [0.25, 0.3) is 0 Å². The Kier molecular flexibility index (Phi) is 17.0. The minimum absolute atomic E-state index is 0.0736. The van der Waals surface area contributed by atoms with E-state index in [1.807, 2.05) is 0 Å². The smallest absolute Gasteiger partial charge is 0.314 e. The molecule has 2 saturated carbocycles. The van der Waals surface area contributed by atoms with Crippen molar-refractivity contribution in [3.05, 3.63) is 48.5 Å². The average molecular weight is 705 g/mol. The second kappa shape index (κ2) is 21.6. The van der Waals surface area contributed by atoms with Gasteiger partial charge in [0, 0.05) is 0 Å². The lowest BCUT2D eigenvalue weighted by molar-refractivity contribution is -0.144. The molecule has 2 fully saturated rings. The Bertz CT molecular complexity index is 1350. The van der Waals surface area contributed by atoms with Gasteiger partial charge in [0.1, 0.15) is 23.0 Å². The molecule has 2 aromatic rings. The van der Waals surface area contributed by atoms with Gasteiger partial charge < -0.3 is 18.9 Å². The van der Waals surface area contributed by atoms with Gasteiger partial charge in [-0.25, -0.2) is 0 Å². The van der Waals surface area contributed by atoms with Crippen LogP contribution >= 0.6 is 0 Å². The van der Waals surface area contributed by atoms with Crippen LogP contribution in [0.1, 0.15) is 143 Å². The fraction of sp³-hybridized carbons (Fsp3) is 0.628. The van der Waals surface area contributed by atoms with Gasteiger partial charge in [-0.15, -0.1) is 0 Å². The summed E-state index contributed by atoms with van der Waals surface area (Å²) in [5, 5.41) is 0. The molecule has 280 valence electrons. The lowest BCUT2D eigenvalue weighted by Gasteiger charge is -2.27. The van der Waals surface area contributed by atoms with Crippen molar-refractivity contribution >= 4 is 23.9 Å². The first-order valence-corrected chi connectivity index (χ1v) is 19.8. The summed E-state index contributed by atoms with van der Waals surface area (Å²) in [6.45, 7) is 6.05. The number of esters is 4. The van der Waals surface area contributed by atoms with Crippen molar-refractivity contribution in [3.63, 3.8) is 0 Å². The van der Waals surface area contributed by atoms with Crippen LogP contribution in [0, 0.1) is 29.6 Å².